The minimum atomic E-state index is 1.38. The zero-order valence-corrected chi connectivity index (χ0v) is 12.7. The molecule has 0 fully saturated rings. The van der Waals surface area contributed by atoms with Crippen molar-refractivity contribution in [2.24, 2.45) is 0 Å². The van der Waals surface area contributed by atoms with Crippen molar-refractivity contribution >= 4 is 5.69 Å². The summed E-state index contributed by atoms with van der Waals surface area (Å²) in [6, 6.07) is 0. The van der Waals surface area contributed by atoms with Gasteiger partial charge in [-0.15, -0.1) is 6.58 Å². The van der Waals surface area contributed by atoms with Crippen LogP contribution in [0.25, 0.3) is 0 Å². The minimum Gasteiger partial charge on any atom is -0.377 e. The Morgan fingerprint density at radius 3 is 1.24 bits per heavy atom. The maximum Gasteiger partial charge on any atom is 0.0425 e. The zero-order chi connectivity index (χ0) is 13.7. The van der Waals surface area contributed by atoms with E-state index in [9.17, 15) is 0 Å². The number of allylic oxidation sites excluding steroid dienone is 1. The van der Waals surface area contributed by atoms with E-state index in [1.54, 1.807) is 6.08 Å². The number of hydrogen-bond acceptors (Lipinski definition) is 1. The van der Waals surface area contributed by atoms with Crippen molar-refractivity contribution in [3.63, 3.8) is 0 Å². The second kappa shape index (κ2) is 6.48. The molecule has 96 valence electrons. The molecule has 0 aliphatic carbocycles. The van der Waals surface area contributed by atoms with Crippen molar-refractivity contribution in [2.45, 2.75) is 41.5 Å². The molecule has 0 amide bonds. The van der Waals surface area contributed by atoms with Crippen molar-refractivity contribution in [1.82, 2.24) is 0 Å². The minimum absolute atomic E-state index is 1.38. The number of benzene rings is 1. The molecule has 1 heteroatoms. The van der Waals surface area contributed by atoms with Gasteiger partial charge in [0.05, 0.1) is 0 Å². The van der Waals surface area contributed by atoms with E-state index < -0.39 is 0 Å². The van der Waals surface area contributed by atoms with Gasteiger partial charge in [0.2, 0.25) is 0 Å². The summed E-state index contributed by atoms with van der Waals surface area (Å²) in [6.07, 6.45) is 1.75. The van der Waals surface area contributed by atoms with Gasteiger partial charge in [0.15, 0.2) is 0 Å². The molecule has 0 saturated heterocycles. The van der Waals surface area contributed by atoms with Crippen LogP contribution in [0.15, 0.2) is 12.7 Å². The quantitative estimate of drug-likeness (QED) is 0.646. The Bertz CT molecular complexity index is 371. The Balaban J connectivity index is 0.000000770. The number of hydrogen-bond donors (Lipinski definition) is 0. The summed E-state index contributed by atoms with van der Waals surface area (Å²) < 4.78 is 0. The SMILES string of the molecule is C=CC.Cc1c(C)c(C)c(N(C)C)c(C)c1C. The highest BCUT2D eigenvalue weighted by molar-refractivity contribution is 5.65. The normalized spacial score (nSPS) is 9.41. The molecular formula is C16H27N. The van der Waals surface area contributed by atoms with Crippen LogP contribution in [0.5, 0.6) is 0 Å². The summed E-state index contributed by atoms with van der Waals surface area (Å²) in [5.41, 5.74) is 8.50. The van der Waals surface area contributed by atoms with Crippen LogP contribution in [0.4, 0.5) is 5.69 Å². The summed E-state index contributed by atoms with van der Waals surface area (Å²) in [7, 11) is 4.23. The second-order valence-electron chi connectivity index (χ2n) is 4.78. The molecular weight excluding hydrogens is 206 g/mol. The van der Waals surface area contributed by atoms with Gasteiger partial charge in [-0.05, 0) is 69.4 Å². The van der Waals surface area contributed by atoms with Crippen LogP contribution in [0.3, 0.4) is 0 Å². The van der Waals surface area contributed by atoms with Gasteiger partial charge >= 0.3 is 0 Å². The molecule has 1 nitrogen and oxygen atoms in total. The zero-order valence-electron chi connectivity index (χ0n) is 12.7. The summed E-state index contributed by atoms with van der Waals surface area (Å²) in [5, 5.41) is 0. The number of rotatable bonds is 1. The highest BCUT2D eigenvalue weighted by atomic mass is 15.1. The molecule has 0 unspecified atom stereocenters. The van der Waals surface area contributed by atoms with E-state index in [0.29, 0.717) is 0 Å². The molecule has 0 saturated carbocycles. The molecule has 1 aromatic rings. The lowest BCUT2D eigenvalue weighted by atomic mass is 9.92. The molecule has 1 aromatic carbocycles. The van der Waals surface area contributed by atoms with Crippen molar-refractivity contribution in [3.05, 3.63) is 40.5 Å². The van der Waals surface area contributed by atoms with E-state index in [1.807, 2.05) is 6.92 Å². The van der Waals surface area contributed by atoms with Gasteiger partial charge in [0.25, 0.3) is 0 Å². The third-order valence-corrected chi connectivity index (χ3v) is 3.41. The van der Waals surface area contributed by atoms with E-state index >= 15 is 0 Å². The maximum atomic E-state index is 3.36. The highest BCUT2D eigenvalue weighted by Gasteiger charge is 2.12. The van der Waals surface area contributed by atoms with Gasteiger partial charge in [-0.1, -0.05) is 6.08 Å². The Morgan fingerprint density at radius 2 is 1.00 bits per heavy atom. The van der Waals surface area contributed by atoms with E-state index in [1.165, 1.54) is 33.5 Å². The van der Waals surface area contributed by atoms with Gasteiger partial charge in [-0.3, -0.25) is 0 Å². The Labute approximate surface area is 107 Å². The van der Waals surface area contributed by atoms with Gasteiger partial charge in [0.1, 0.15) is 0 Å². The summed E-state index contributed by atoms with van der Waals surface area (Å²) in [4.78, 5) is 2.21. The highest BCUT2D eigenvalue weighted by Crippen LogP contribution is 2.31. The predicted molar refractivity (Wildman–Crippen MR) is 80.3 cm³/mol. The molecule has 17 heavy (non-hydrogen) atoms. The standard InChI is InChI=1S/C13H21N.C3H6/c1-8-9(2)11(4)13(14(6)7)12(5)10(8)3;1-3-2/h1-7H3;3H,1H2,2H3. The Hall–Kier alpha value is -1.24. The van der Waals surface area contributed by atoms with E-state index in [4.69, 9.17) is 0 Å². The van der Waals surface area contributed by atoms with Gasteiger partial charge in [-0.25, -0.2) is 0 Å². The third-order valence-electron chi connectivity index (χ3n) is 3.41. The summed E-state index contributed by atoms with van der Waals surface area (Å²) >= 11 is 0. The van der Waals surface area contributed by atoms with Crippen molar-refractivity contribution in [3.8, 4) is 0 Å². The van der Waals surface area contributed by atoms with Gasteiger partial charge in [-0.2, -0.15) is 0 Å². The number of anilines is 1. The topological polar surface area (TPSA) is 3.24 Å². The first-order valence-corrected chi connectivity index (χ1v) is 6.10. The molecule has 0 heterocycles. The van der Waals surface area contributed by atoms with Crippen LogP contribution >= 0.6 is 0 Å². The fraction of sp³-hybridized carbons (Fsp3) is 0.500. The first-order valence-electron chi connectivity index (χ1n) is 6.10. The lowest BCUT2D eigenvalue weighted by Crippen LogP contribution is -2.14. The average Bonchev–Trinajstić information content (AvgIpc) is 2.24. The second-order valence-corrected chi connectivity index (χ2v) is 4.78. The summed E-state index contributed by atoms with van der Waals surface area (Å²) in [5.74, 6) is 0. The third kappa shape index (κ3) is 3.36. The van der Waals surface area contributed by atoms with Crippen molar-refractivity contribution in [2.75, 3.05) is 19.0 Å². The molecule has 0 aromatic heterocycles. The van der Waals surface area contributed by atoms with Crippen LogP contribution in [-0.2, 0) is 0 Å². The molecule has 0 aliphatic heterocycles. The largest absolute Gasteiger partial charge is 0.377 e. The van der Waals surface area contributed by atoms with Crippen LogP contribution in [0.2, 0.25) is 0 Å². The lowest BCUT2D eigenvalue weighted by Gasteiger charge is -2.24. The van der Waals surface area contributed by atoms with Crippen LogP contribution in [0.1, 0.15) is 34.7 Å². The molecule has 0 radical (unpaired) electrons. The molecule has 1 rings (SSSR count). The first-order chi connectivity index (χ1) is 7.79. The first kappa shape index (κ1) is 15.8. The van der Waals surface area contributed by atoms with E-state index in [2.05, 4.69) is 60.2 Å². The molecule has 0 atom stereocenters. The van der Waals surface area contributed by atoms with E-state index in [-0.39, 0.29) is 0 Å². The van der Waals surface area contributed by atoms with Crippen LogP contribution < -0.4 is 4.90 Å². The monoisotopic (exact) mass is 233 g/mol. The molecule has 0 spiro atoms. The lowest BCUT2D eigenvalue weighted by molar-refractivity contribution is 1.06. The van der Waals surface area contributed by atoms with Crippen molar-refractivity contribution < 1.29 is 0 Å². The van der Waals surface area contributed by atoms with Gasteiger partial charge in [0, 0.05) is 19.8 Å². The Kier molecular flexibility index (Phi) is 6.01. The van der Waals surface area contributed by atoms with Crippen molar-refractivity contribution in [1.29, 1.82) is 0 Å². The predicted octanol–water partition coefficient (Wildman–Crippen LogP) is 4.49. The average molecular weight is 233 g/mol. The molecule has 0 N–H and O–H groups in total. The fourth-order valence-electron chi connectivity index (χ4n) is 2.15. The fourth-order valence-corrected chi connectivity index (χ4v) is 2.15. The number of nitrogens with zero attached hydrogens (tertiary/aromatic N) is 1. The van der Waals surface area contributed by atoms with E-state index in [0.717, 1.165) is 0 Å². The smallest absolute Gasteiger partial charge is 0.0425 e. The van der Waals surface area contributed by atoms with Crippen LogP contribution in [0, 0.1) is 34.6 Å². The van der Waals surface area contributed by atoms with Crippen LogP contribution in [-0.4, -0.2) is 14.1 Å². The summed E-state index contributed by atoms with van der Waals surface area (Å²) in [6.45, 7) is 16.3. The molecule has 0 aliphatic rings. The molecule has 0 bridgehead atoms. The van der Waals surface area contributed by atoms with Gasteiger partial charge < -0.3 is 4.90 Å². The Morgan fingerprint density at radius 1 is 0.765 bits per heavy atom. The maximum absolute atomic E-state index is 3.36.